The Kier molecular flexibility index (Phi) is 4.64. The fourth-order valence-corrected chi connectivity index (χ4v) is 2.67. The van der Waals surface area contributed by atoms with E-state index in [1.54, 1.807) is 16.9 Å². The molecule has 1 atom stereocenters. The van der Waals surface area contributed by atoms with Crippen LogP contribution in [0.4, 0.5) is 0 Å². The van der Waals surface area contributed by atoms with Gasteiger partial charge in [-0.3, -0.25) is 9.47 Å². The lowest BCUT2D eigenvalue weighted by Crippen LogP contribution is -2.33. The van der Waals surface area contributed by atoms with Crippen LogP contribution in [0.25, 0.3) is 11.1 Å². The van der Waals surface area contributed by atoms with Gasteiger partial charge in [0.15, 0.2) is 5.58 Å². The number of benzene rings is 1. The summed E-state index contributed by atoms with van der Waals surface area (Å²) >= 11 is 0. The molecule has 3 aromatic rings. The first kappa shape index (κ1) is 15.6. The van der Waals surface area contributed by atoms with Crippen LogP contribution in [0.1, 0.15) is 11.8 Å². The zero-order valence-corrected chi connectivity index (χ0v) is 13.4. The Morgan fingerprint density at radius 2 is 2.04 bits per heavy atom. The molecule has 1 N–H and O–H groups in total. The average Bonchev–Trinajstić information content (AvgIpc) is 3.15. The molecule has 0 radical (unpaired) electrons. The summed E-state index contributed by atoms with van der Waals surface area (Å²) in [4.78, 5) is 14.0. The van der Waals surface area contributed by atoms with E-state index in [1.807, 2.05) is 44.4 Å². The Hall–Kier alpha value is -2.31. The molecule has 3 rings (SSSR count). The number of oxazole rings is 1. The summed E-state index contributed by atoms with van der Waals surface area (Å²) in [6, 6.07) is 11.5. The molecular formula is C17H21N3O3. The normalized spacial score (nSPS) is 13.0. The Labute approximate surface area is 134 Å². The Bertz CT molecular complexity index is 802. The number of nitrogens with one attached hydrogen (secondary N) is 1. The minimum Gasteiger partial charge on any atom is -0.468 e. The first-order valence-corrected chi connectivity index (χ1v) is 7.65. The van der Waals surface area contributed by atoms with Gasteiger partial charge in [0.1, 0.15) is 5.76 Å². The zero-order chi connectivity index (χ0) is 16.2. The number of nitrogens with zero attached hydrogens (tertiary/aromatic N) is 2. The van der Waals surface area contributed by atoms with Crippen molar-refractivity contribution in [2.75, 3.05) is 27.2 Å². The highest BCUT2D eigenvalue weighted by Crippen LogP contribution is 2.17. The molecule has 0 aliphatic heterocycles. The zero-order valence-electron chi connectivity index (χ0n) is 13.4. The van der Waals surface area contributed by atoms with Gasteiger partial charge in [-0.25, -0.2) is 4.79 Å². The second-order valence-corrected chi connectivity index (χ2v) is 5.69. The van der Waals surface area contributed by atoms with E-state index in [1.165, 1.54) is 0 Å². The number of likely N-dealkylation sites (N-methyl/N-ethyl adjacent to an activating group) is 1. The summed E-state index contributed by atoms with van der Waals surface area (Å²) in [7, 11) is 4.03. The molecule has 2 aromatic heterocycles. The molecule has 1 aromatic carbocycles. The fourth-order valence-electron chi connectivity index (χ4n) is 2.67. The highest BCUT2D eigenvalue weighted by atomic mass is 16.4. The van der Waals surface area contributed by atoms with Crippen molar-refractivity contribution in [1.29, 1.82) is 0 Å². The van der Waals surface area contributed by atoms with Crippen LogP contribution in [0.2, 0.25) is 0 Å². The maximum absolute atomic E-state index is 11.9. The van der Waals surface area contributed by atoms with Crippen LogP contribution in [0, 0.1) is 0 Å². The molecule has 0 fully saturated rings. The third kappa shape index (κ3) is 3.38. The van der Waals surface area contributed by atoms with Crippen molar-refractivity contribution >= 4 is 11.1 Å². The van der Waals surface area contributed by atoms with E-state index in [4.69, 9.17) is 8.83 Å². The Morgan fingerprint density at radius 3 is 2.78 bits per heavy atom. The van der Waals surface area contributed by atoms with Gasteiger partial charge >= 0.3 is 5.76 Å². The van der Waals surface area contributed by atoms with Gasteiger partial charge in [0.05, 0.1) is 17.8 Å². The average molecular weight is 315 g/mol. The van der Waals surface area contributed by atoms with Crippen LogP contribution in [0.3, 0.4) is 0 Å². The molecule has 0 bridgehead atoms. The summed E-state index contributed by atoms with van der Waals surface area (Å²) in [5.74, 6) is 0.608. The quantitative estimate of drug-likeness (QED) is 0.676. The predicted molar refractivity (Wildman–Crippen MR) is 88.5 cm³/mol. The van der Waals surface area contributed by atoms with Crippen molar-refractivity contribution in [3.05, 3.63) is 59.0 Å². The van der Waals surface area contributed by atoms with E-state index in [2.05, 4.69) is 10.2 Å². The number of hydrogen-bond donors (Lipinski definition) is 1. The highest BCUT2D eigenvalue weighted by Gasteiger charge is 2.16. The van der Waals surface area contributed by atoms with Crippen molar-refractivity contribution in [2.24, 2.45) is 0 Å². The number of para-hydroxylation sites is 2. The summed E-state index contributed by atoms with van der Waals surface area (Å²) in [5, 5.41) is 3.38. The number of hydrogen-bond acceptors (Lipinski definition) is 5. The number of fused-ring (bicyclic) bond motifs is 1. The highest BCUT2D eigenvalue weighted by molar-refractivity contribution is 5.72. The number of furan rings is 1. The molecule has 0 saturated carbocycles. The molecule has 122 valence electrons. The third-order valence-electron chi connectivity index (χ3n) is 3.92. The molecule has 2 heterocycles. The van der Waals surface area contributed by atoms with Gasteiger partial charge < -0.3 is 14.2 Å². The Morgan fingerprint density at radius 1 is 1.22 bits per heavy atom. The Balaban J connectivity index is 1.60. The lowest BCUT2D eigenvalue weighted by atomic mass is 10.2. The molecule has 6 nitrogen and oxygen atoms in total. The van der Waals surface area contributed by atoms with Crippen LogP contribution < -0.4 is 11.1 Å². The van der Waals surface area contributed by atoms with Crippen molar-refractivity contribution in [3.8, 4) is 0 Å². The maximum Gasteiger partial charge on any atom is 0.419 e. The van der Waals surface area contributed by atoms with E-state index in [0.717, 1.165) is 17.8 Å². The monoisotopic (exact) mass is 315 g/mol. The first-order valence-electron chi connectivity index (χ1n) is 7.65. The maximum atomic E-state index is 11.9. The van der Waals surface area contributed by atoms with Crippen molar-refractivity contribution in [1.82, 2.24) is 14.8 Å². The predicted octanol–water partition coefficient (Wildman–Crippen LogP) is 2.08. The molecule has 0 unspecified atom stereocenters. The summed E-state index contributed by atoms with van der Waals surface area (Å²) in [6.07, 6.45) is 1.68. The van der Waals surface area contributed by atoms with E-state index >= 15 is 0 Å². The van der Waals surface area contributed by atoms with E-state index in [9.17, 15) is 4.79 Å². The van der Waals surface area contributed by atoms with Gasteiger partial charge in [0.2, 0.25) is 0 Å². The molecule has 23 heavy (non-hydrogen) atoms. The van der Waals surface area contributed by atoms with E-state index in [-0.39, 0.29) is 11.8 Å². The third-order valence-corrected chi connectivity index (χ3v) is 3.92. The smallest absolute Gasteiger partial charge is 0.419 e. The van der Waals surface area contributed by atoms with Crippen LogP contribution in [-0.4, -0.2) is 36.7 Å². The second-order valence-electron chi connectivity index (χ2n) is 5.69. The van der Waals surface area contributed by atoms with E-state index in [0.29, 0.717) is 18.7 Å². The molecule has 0 aliphatic rings. The minimum atomic E-state index is -0.316. The van der Waals surface area contributed by atoms with Crippen molar-refractivity contribution in [3.63, 3.8) is 0 Å². The summed E-state index contributed by atoms with van der Waals surface area (Å²) in [5.41, 5.74) is 1.45. The van der Waals surface area contributed by atoms with Gasteiger partial charge in [-0.2, -0.15) is 0 Å². The lowest BCUT2D eigenvalue weighted by molar-refractivity contribution is 0.250. The second kappa shape index (κ2) is 6.85. The standard InChI is InChI=1S/C17H21N3O3/c1-19(2)14(15-8-5-11-22-15)12-18-9-10-20-13-6-3-4-7-16(13)23-17(20)21/h3-8,11,14,18H,9-10,12H2,1-2H3/t14-/m0/s1. The lowest BCUT2D eigenvalue weighted by Gasteiger charge is -2.22. The van der Waals surface area contributed by atoms with Crippen LogP contribution in [0.15, 0.2) is 56.3 Å². The van der Waals surface area contributed by atoms with Crippen LogP contribution in [-0.2, 0) is 6.54 Å². The number of aromatic nitrogens is 1. The fraction of sp³-hybridized carbons (Fsp3) is 0.353. The molecule has 0 amide bonds. The van der Waals surface area contributed by atoms with Gasteiger partial charge in [-0.1, -0.05) is 12.1 Å². The van der Waals surface area contributed by atoms with Crippen molar-refractivity contribution in [2.45, 2.75) is 12.6 Å². The summed E-state index contributed by atoms with van der Waals surface area (Å²) in [6.45, 7) is 1.98. The number of rotatable bonds is 7. The topological polar surface area (TPSA) is 63.5 Å². The van der Waals surface area contributed by atoms with Crippen LogP contribution in [0.5, 0.6) is 0 Å². The molecule has 6 heteroatoms. The largest absolute Gasteiger partial charge is 0.468 e. The molecule has 0 aliphatic carbocycles. The molecular weight excluding hydrogens is 294 g/mol. The van der Waals surface area contributed by atoms with Gasteiger partial charge in [0.25, 0.3) is 0 Å². The molecule has 0 spiro atoms. The molecule has 0 saturated heterocycles. The van der Waals surface area contributed by atoms with E-state index < -0.39 is 0 Å². The van der Waals surface area contributed by atoms with Gasteiger partial charge in [-0.15, -0.1) is 0 Å². The van der Waals surface area contributed by atoms with Gasteiger partial charge in [0, 0.05) is 19.6 Å². The van der Waals surface area contributed by atoms with Crippen molar-refractivity contribution < 1.29 is 8.83 Å². The van der Waals surface area contributed by atoms with Gasteiger partial charge in [-0.05, 0) is 38.4 Å². The summed E-state index contributed by atoms with van der Waals surface area (Å²) < 4.78 is 12.4. The SMILES string of the molecule is CN(C)[C@@H](CNCCn1c(=O)oc2ccccc21)c1ccco1. The first-order chi connectivity index (χ1) is 11.2. The minimum absolute atomic E-state index is 0.155. The van der Waals surface area contributed by atoms with Crippen LogP contribution >= 0.6 is 0 Å².